The van der Waals surface area contributed by atoms with Crippen molar-refractivity contribution in [3.8, 4) is 11.5 Å². The van der Waals surface area contributed by atoms with Gasteiger partial charge < -0.3 is 14.4 Å². The highest BCUT2D eigenvalue weighted by Crippen LogP contribution is 2.43. The third-order valence-corrected chi connectivity index (χ3v) is 5.15. The SMILES string of the molecule is CN1C2CCC1CC(C(=O)c1ccc3c(c1)OC(F)(F)O3)C2. The minimum Gasteiger partial charge on any atom is -0.395 e. The summed E-state index contributed by atoms with van der Waals surface area (Å²) >= 11 is 0. The number of hydrogen-bond donors (Lipinski definition) is 0. The van der Waals surface area contributed by atoms with E-state index in [0.29, 0.717) is 17.6 Å². The Morgan fingerprint density at radius 1 is 1.18 bits per heavy atom. The average Bonchev–Trinajstić information content (AvgIpc) is 2.86. The number of Topliss-reactive ketones (excluding diaryl/α,β-unsaturated/α-hetero) is 1. The molecule has 2 atom stereocenters. The summed E-state index contributed by atoms with van der Waals surface area (Å²) in [5.74, 6) is -0.0991. The van der Waals surface area contributed by atoms with E-state index in [0.717, 1.165) is 25.7 Å². The van der Waals surface area contributed by atoms with Gasteiger partial charge in [-0.05, 0) is 50.9 Å². The van der Waals surface area contributed by atoms with Crippen LogP contribution in [-0.2, 0) is 0 Å². The summed E-state index contributed by atoms with van der Waals surface area (Å²) in [5.41, 5.74) is 0.425. The topological polar surface area (TPSA) is 38.8 Å². The lowest BCUT2D eigenvalue weighted by Gasteiger charge is -2.35. The first-order chi connectivity index (χ1) is 10.4. The fraction of sp³-hybridized carbons (Fsp3) is 0.562. The molecule has 2 fully saturated rings. The van der Waals surface area contributed by atoms with Crippen molar-refractivity contribution in [2.45, 2.75) is 44.1 Å². The molecule has 0 aromatic heterocycles. The highest BCUT2D eigenvalue weighted by molar-refractivity contribution is 5.98. The molecular formula is C16H17F2NO3. The smallest absolute Gasteiger partial charge is 0.395 e. The molecular weight excluding hydrogens is 292 g/mol. The Labute approximate surface area is 127 Å². The molecule has 4 nitrogen and oxygen atoms in total. The summed E-state index contributed by atoms with van der Waals surface area (Å²) in [6, 6.07) is 5.23. The van der Waals surface area contributed by atoms with E-state index in [1.165, 1.54) is 12.1 Å². The van der Waals surface area contributed by atoms with Crippen LogP contribution in [0.2, 0.25) is 0 Å². The van der Waals surface area contributed by atoms with E-state index >= 15 is 0 Å². The van der Waals surface area contributed by atoms with E-state index < -0.39 is 6.29 Å². The maximum atomic E-state index is 13.0. The van der Waals surface area contributed by atoms with Gasteiger partial charge in [0.2, 0.25) is 0 Å². The monoisotopic (exact) mass is 309 g/mol. The van der Waals surface area contributed by atoms with Crippen molar-refractivity contribution in [3.63, 3.8) is 0 Å². The van der Waals surface area contributed by atoms with Gasteiger partial charge in [-0.25, -0.2) is 0 Å². The largest absolute Gasteiger partial charge is 0.586 e. The molecule has 0 N–H and O–H groups in total. The van der Waals surface area contributed by atoms with Crippen molar-refractivity contribution < 1.29 is 23.0 Å². The highest BCUT2D eigenvalue weighted by Gasteiger charge is 2.44. The Balaban J connectivity index is 1.55. The number of alkyl halides is 2. The summed E-state index contributed by atoms with van der Waals surface area (Å²) in [6.45, 7) is 0. The molecule has 22 heavy (non-hydrogen) atoms. The summed E-state index contributed by atoms with van der Waals surface area (Å²) in [5, 5.41) is 0. The first kappa shape index (κ1) is 13.9. The molecule has 2 unspecified atom stereocenters. The molecule has 4 rings (SSSR count). The van der Waals surface area contributed by atoms with Crippen LogP contribution >= 0.6 is 0 Å². The van der Waals surface area contributed by atoms with Crippen LogP contribution in [0, 0.1) is 5.92 Å². The van der Waals surface area contributed by atoms with Crippen LogP contribution in [0.4, 0.5) is 8.78 Å². The number of ketones is 1. The maximum absolute atomic E-state index is 13.0. The number of piperidine rings is 1. The molecule has 3 heterocycles. The first-order valence-corrected chi connectivity index (χ1v) is 7.59. The second-order valence-electron chi connectivity index (χ2n) is 6.41. The normalized spacial score (nSPS) is 32.2. The third kappa shape index (κ3) is 2.17. The summed E-state index contributed by atoms with van der Waals surface area (Å²) in [7, 11) is 2.12. The molecule has 3 aliphatic rings. The third-order valence-electron chi connectivity index (χ3n) is 5.15. The number of halogens is 2. The summed E-state index contributed by atoms with van der Waals surface area (Å²) in [6.07, 6.45) is 0.320. The summed E-state index contributed by atoms with van der Waals surface area (Å²) < 4.78 is 34.9. The molecule has 3 aliphatic heterocycles. The van der Waals surface area contributed by atoms with Gasteiger partial charge >= 0.3 is 6.29 Å². The lowest BCUT2D eigenvalue weighted by atomic mass is 9.85. The molecule has 1 aromatic rings. The highest BCUT2D eigenvalue weighted by atomic mass is 19.3. The number of rotatable bonds is 2. The second kappa shape index (κ2) is 4.65. The van der Waals surface area contributed by atoms with E-state index in [9.17, 15) is 13.6 Å². The van der Waals surface area contributed by atoms with Gasteiger partial charge in [0.15, 0.2) is 17.3 Å². The lowest BCUT2D eigenvalue weighted by molar-refractivity contribution is -0.286. The van der Waals surface area contributed by atoms with Gasteiger partial charge in [0.25, 0.3) is 0 Å². The Kier molecular flexibility index (Phi) is 2.95. The van der Waals surface area contributed by atoms with Gasteiger partial charge in [-0.15, -0.1) is 8.78 Å². The minimum absolute atomic E-state index is 0.0200. The van der Waals surface area contributed by atoms with Crippen molar-refractivity contribution in [2.75, 3.05) is 7.05 Å². The Morgan fingerprint density at radius 2 is 1.82 bits per heavy atom. The van der Waals surface area contributed by atoms with E-state index in [1.54, 1.807) is 6.07 Å². The standard InChI is InChI=1S/C16H17F2NO3/c1-19-11-3-4-12(19)7-10(6-11)15(20)9-2-5-13-14(8-9)22-16(17,18)21-13/h2,5,8,10-12H,3-4,6-7H2,1H3. The van der Waals surface area contributed by atoms with Crippen LogP contribution in [0.15, 0.2) is 18.2 Å². The second-order valence-corrected chi connectivity index (χ2v) is 6.41. The maximum Gasteiger partial charge on any atom is 0.586 e. The van der Waals surface area contributed by atoms with Crippen LogP contribution < -0.4 is 9.47 Å². The quantitative estimate of drug-likeness (QED) is 0.787. The summed E-state index contributed by atoms with van der Waals surface area (Å²) in [4.78, 5) is 15.0. The van der Waals surface area contributed by atoms with Crippen molar-refractivity contribution in [1.82, 2.24) is 4.90 Å². The molecule has 2 bridgehead atoms. The van der Waals surface area contributed by atoms with Gasteiger partial charge in [-0.2, -0.15) is 0 Å². The zero-order valence-electron chi connectivity index (χ0n) is 12.2. The average molecular weight is 309 g/mol. The molecule has 0 saturated carbocycles. The number of carbonyl (C=O) groups is 1. The van der Waals surface area contributed by atoms with Crippen molar-refractivity contribution >= 4 is 5.78 Å². The van der Waals surface area contributed by atoms with Crippen LogP contribution in [0.25, 0.3) is 0 Å². The van der Waals surface area contributed by atoms with E-state index in [4.69, 9.17) is 0 Å². The van der Waals surface area contributed by atoms with Gasteiger partial charge in [-0.3, -0.25) is 4.79 Å². The lowest BCUT2D eigenvalue weighted by Crippen LogP contribution is -2.42. The van der Waals surface area contributed by atoms with Crippen molar-refractivity contribution in [3.05, 3.63) is 23.8 Å². The Hall–Kier alpha value is -1.69. The predicted molar refractivity (Wildman–Crippen MR) is 74.3 cm³/mol. The predicted octanol–water partition coefficient (Wildman–Crippen LogP) is 3.06. The fourth-order valence-electron chi connectivity index (χ4n) is 3.96. The molecule has 1 aromatic carbocycles. The van der Waals surface area contributed by atoms with Gasteiger partial charge in [0.05, 0.1) is 0 Å². The first-order valence-electron chi connectivity index (χ1n) is 7.59. The van der Waals surface area contributed by atoms with E-state index in [1.807, 2.05) is 0 Å². The van der Waals surface area contributed by atoms with Crippen LogP contribution in [0.5, 0.6) is 11.5 Å². The number of nitrogens with zero attached hydrogens (tertiary/aromatic N) is 1. The number of carbonyl (C=O) groups excluding carboxylic acids is 1. The zero-order valence-corrected chi connectivity index (χ0v) is 12.2. The van der Waals surface area contributed by atoms with Gasteiger partial charge in [-0.1, -0.05) is 0 Å². The number of benzene rings is 1. The van der Waals surface area contributed by atoms with Crippen LogP contribution in [-0.4, -0.2) is 36.1 Å². The van der Waals surface area contributed by atoms with Crippen molar-refractivity contribution in [2.24, 2.45) is 5.92 Å². The molecule has 0 aliphatic carbocycles. The Morgan fingerprint density at radius 3 is 2.50 bits per heavy atom. The van der Waals surface area contributed by atoms with Crippen LogP contribution in [0.1, 0.15) is 36.0 Å². The van der Waals surface area contributed by atoms with E-state index in [-0.39, 0.29) is 23.2 Å². The van der Waals surface area contributed by atoms with Gasteiger partial charge in [0, 0.05) is 23.6 Å². The zero-order chi connectivity index (χ0) is 15.5. The Bertz CT molecular complexity index is 620. The molecule has 0 spiro atoms. The van der Waals surface area contributed by atoms with Crippen LogP contribution in [0.3, 0.4) is 0 Å². The minimum atomic E-state index is -3.64. The van der Waals surface area contributed by atoms with Gasteiger partial charge in [0.1, 0.15) is 0 Å². The molecule has 2 saturated heterocycles. The fourth-order valence-corrected chi connectivity index (χ4v) is 3.96. The molecule has 6 heteroatoms. The van der Waals surface area contributed by atoms with E-state index in [2.05, 4.69) is 21.4 Å². The number of hydrogen-bond acceptors (Lipinski definition) is 4. The molecule has 0 radical (unpaired) electrons. The number of fused-ring (bicyclic) bond motifs is 3. The molecule has 118 valence electrons. The van der Waals surface area contributed by atoms with Crippen molar-refractivity contribution in [1.29, 1.82) is 0 Å². The molecule has 0 amide bonds. The number of ether oxygens (including phenoxy) is 2.